The van der Waals surface area contributed by atoms with E-state index in [1.165, 1.54) is 0 Å². The van der Waals surface area contributed by atoms with Crippen molar-refractivity contribution in [2.45, 2.75) is 6.54 Å². The number of rotatable bonds is 3. The minimum absolute atomic E-state index is 0. The van der Waals surface area contributed by atoms with Gasteiger partial charge in [0.15, 0.2) is 0 Å². The van der Waals surface area contributed by atoms with Crippen LogP contribution >= 0.6 is 12.4 Å². The molecule has 2 N–H and O–H groups in total. The van der Waals surface area contributed by atoms with Crippen LogP contribution in [-0.4, -0.2) is 6.61 Å². The Hall–Kier alpha value is -1.17. The molecule has 0 aliphatic rings. The molecule has 0 aliphatic carbocycles. The number of ether oxygens (including phenoxy) is 1. The van der Waals surface area contributed by atoms with Crippen LogP contribution in [0.25, 0.3) is 0 Å². The second kappa shape index (κ2) is 6.36. The molecule has 1 aromatic rings. The number of hydrogen-bond donors (Lipinski definition) is 1. The van der Waals surface area contributed by atoms with Gasteiger partial charge in [0.05, 0.1) is 0 Å². The molecule has 0 spiro atoms. The van der Waals surface area contributed by atoms with E-state index in [9.17, 15) is 0 Å². The van der Waals surface area contributed by atoms with Crippen LogP contribution in [0.2, 0.25) is 0 Å². The second-order valence-corrected chi connectivity index (χ2v) is 2.30. The maximum Gasteiger partial charge on any atom is 0.148 e. The average Bonchev–Trinajstić information content (AvgIpc) is 2.15. The molecule has 2 nitrogen and oxygen atoms in total. The minimum Gasteiger partial charge on any atom is -0.481 e. The van der Waals surface area contributed by atoms with E-state index in [-0.39, 0.29) is 19.0 Å². The average molecular weight is 198 g/mol. The third-order valence-electron chi connectivity index (χ3n) is 1.50. The van der Waals surface area contributed by atoms with Crippen LogP contribution < -0.4 is 10.5 Å². The molecule has 1 rings (SSSR count). The Morgan fingerprint density at radius 1 is 1.38 bits per heavy atom. The molecule has 0 fully saturated rings. The van der Waals surface area contributed by atoms with Crippen LogP contribution in [0.4, 0.5) is 0 Å². The number of halogens is 1. The predicted octanol–water partition coefficient (Wildman–Crippen LogP) is 1.58. The second-order valence-electron chi connectivity index (χ2n) is 2.30. The molecule has 0 aliphatic heterocycles. The van der Waals surface area contributed by atoms with Gasteiger partial charge in [0.25, 0.3) is 0 Å². The summed E-state index contributed by atoms with van der Waals surface area (Å²) in [4.78, 5) is 0. The molecule has 0 saturated heterocycles. The Morgan fingerprint density at radius 2 is 2.08 bits per heavy atom. The molecule has 0 bridgehead atoms. The fourth-order valence-corrected chi connectivity index (χ4v) is 0.933. The summed E-state index contributed by atoms with van der Waals surface area (Å²) in [6.45, 7) is 0.762. The summed E-state index contributed by atoms with van der Waals surface area (Å²) in [6, 6.07) is 7.60. The van der Waals surface area contributed by atoms with Gasteiger partial charge in [-0.1, -0.05) is 24.1 Å². The molecule has 0 heterocycles. The molecular formula is C10H12ClNO. The van der Waals surface area contributed by atoms with E-state index in [1.54, 1.807) is 0 Å². The molecule has 1 aromatic carbocycles. The summed E-state index contributed by atoms with van der Waals surface area (Å²) in [6.07, 6.45) is 5.06. The topological polar surface area (TPSA) is 35.2 Å². The van der Waals surface area contributed by atoms with E-state index in [0.717, 1.165) is 11.3 Å². The van der Waals surface area contributed by atoms with Gasteiger partial charge in [-0.2, -0.15) is 0 Å². The van der Waals surface area contributed by atoms with Crippen LogP contribution in [-0.2, 0) is 6.54 Å². The predicted molar refractivity (Wildman–Crippen MR) is 55.9 cm³/mol. The first-order chi connectivity index (χ1) is 5.88. The lowest BCUT2D eigenvalue weighted by atomic mass is 10.2. The molecule has 70 valence electrons. The van der Waals surface area contributed by atoms with Crippen molar-refractivity contribution in [2.75, 3.05) is 6.61 Å². The van der Waals surface area contributed by atoms with E-state index >= 15 is 0 Å². The van der Waals surface area contributed by atoms with Gasteiger partial charge in [0.2, 0.25) is 0 Å². The van der Waals surface area contributed by atoms with Gasteiger partial charge >= 0.3 is 0 Å². The zero-order valence-electron chi connectivity index (χ0n) is 7.19. The van der Waals surface area contributed by atoms with Crippen LogP contribution in [0.3, 0.4) is 0 Å². The molecule has 0 radical (unpaired) electrons. The molecule has 3 heteroatoms. The van der Waals surface area contributed by atoms with Crippen molar-refractivity contribution in [3.05, 3.63) is 29.8 Å². The van der Waals surface area contributed by atoms with Gasteiger partial charge in [-0.25, -0.2) is 0 Å². The molecule has 0 unspecified atom stereocenters. The molecule has 0 atom stereocenters. The van der Waals surface area contributed by atoms with Gasteiger partial charge in [0.1, 0.15) is 12.4 Å². The Morgan fingerprint density at radius 3 is 2.69 bits per heavy atom. The highest BCUT2D eigenvalue weighted by Gasteiger charge is 1.98. The van der Waals surface area contributed by atoms with Gasteiger partial charge in [0, 0.05) is 12.1 Å². The Kier molecular flexibility index (Phi) is 5.79. The molecular weight excluding hydrogens is 186 g/mol. The Bertz CT molecular complexity index is 293. The van der Waals surface area contributed by atoms with Crippen molar-refractivity contribution in [2.24, 2.45) is 5.73 Å². The highest BCUT2D eigenvalue weighted by Crippen LogP contribution is 2.16. The summed E-state index contributed by atoms with van der Waals surface area (Å²) in [5.74, 6) is 3.18. The third-order valence-corrected chi connectivity index (χ3v) is 1.50. The van der Waals surface area contributed by atoms with Crippen LogP contribution in [0.1, 0.15) is 5.56 Å². The summed E-state index contributed by atoms with van der Waals surface area (Å²) in [5, 5.41) is 0. The van der Waals surface area contributed by atoms with Crippen LogP contribution in [0.5, 0.6) is 5.75 Å². The molecule has 0 aromatic heterocycles. The highest BCUT2D eigenvalue weighted by atomic mass is 35.5. The van der Waals surface area contributed by atoms with Gasteiger partial charge in [-0.3, -0.25) is 0 Å². The Balaban J connectivity index is 0.00000144. The lowest BCUT2D eigenvalue weighted by Crippen LogP contribution is -2.02. The lowest BCUT2D eigenvalue weighted by Gasteiger charge is -2.06. The van der Waals surface area contributed by atoms with Crippen molar-refractivity contribution < 1.29 is 4.74 Å². The quantitative estimate of drug-likeness (QED) is 0.747. The SMILES string of the molecule is C#CCOc1ccccc1CN.Cl. The zero-order valence-corrected chi connectivity index (χ0v) is 8.01. The van der Waals surface area contributed by atoms with Crippen molar-refractivity contribution in [3.63, 3.8) is 0 Å². The smallest absolute Gasteiger partial charge is 0.148 e. The summed E-state index contributed by atoms with van der Waals surface area (Å²) in [7, 11) is 0. The van der Waals surface area contributed by atoms with E-state index in [2.05, 4.69) is 5.92 Å². The first-order valence-corrected chi connectivity index (χ1v) is 3.72. The normalized spacial score (nSPS) is 8.31. The molecule has 0 saturated carbocycles. The van der Waals surface area contributed by atoms with Crippen molar-refractivity contribution in [3.8, 4) is 18.1 Å². The summed E-state index contributed by atoms with van der Waals surface area (Å²) >= 11 is 0. The number of nitrogens with two attached hydrogens (primary N) is 1. The largest absolute Gasteiger partial charge is 0.481 e. The first-order valence-electron chi connectivity index (χ1n) is 3.72. The summed E-state index contributed by atoms with van der Waals surface area (Å²) < 4.78 is 5.26. The minimum atomic E-state index is 0. The standard InChI is InChI=1S/C10H11NO.ClH/c1-2-7-12-10-6-4-3-5-9(10)8-11;/h1,3-6H,7-8,11H2;1H. The number of terminal acetylenes is 1. The Labute approximate surface area is 84.5 Å². The zero-order chi connectivity index (χ0) is 8.81. The fraction of sp³-hybridized carbons (Fsp3) is 0.200. The highest BCUT2D eigenvalue weighted by molar-refractivity contribution is 5.85. The van der Waals surface area contributed by atoms with Crippen molar-refractivity contribution >= 4 is 12.4 Å². The maximum absolute atomic E-state index is 5.49. The monoisotopic (exact) mass is 197 g/mol. The third kappa shape index (κ3) is 3.37. The first kappa shape index (κ1) is 11.8. The van der Waals surface area contributed by atoms with Gasteiger partial charge < -0.3 is 10.5 Å². The van der Waals surface area contributed by atoms with Crippen LogP contribution in [0.15, 0.2) is 24.3 Å². The lowest BCUT2D eigenvalue weighted by molar-refractivity contribution is 0.366. The van der Waals surface area contributed by atoms with Crippen molar-refractivity contribution in [1.29, 1.82) is 0 Å². The number of para-hydroxylation sites is 1. The number of benzene rings is 1. The van der Waals surface area contributed by atoms with E-state index in [0.29, 0.717) is 6.54 Å². The van der Waals surface area contributed by atoms with E-state index in [1.807, 2.05) is 24.3 Å². The van der Waals surface area contributed by atoms with Gasteiger partial charge in [-0.05, 0) is 6.07 Å². The number of hydrogen-bond acceptors (Lipinski definition) is 2. The molecule has 13 heavy (non-hydrogen) atoms. The maximum atomic E-state index is 5.49. The fourth-order valence-electron chi connectivity index (χ4n) is 0.933. The van der Waals surface area contributed by atoms with E-state index < -0.39 is 0 Å². The van der Waals surface area contributed by atoms with Crippen molar-refractivity contribution in [1.82, 2.24) is 0 Å². The van der Waals surface area contributed by atoms with E-state index in [4.69, 9.17) is 16.9 Å². The molecule has 0 amide bonds. The van der Waals surface area contributed by atoms with Gasteiger partial charge in [-0.15, -0.1) is 18.8 Å². The summed E-state index contributed by atoms with van der Waals surface area (Å²) in [5.41, 5.74) is 6.47. The van der Waals surface area contributed by atoms with Crippen LogP contribution in [0, 0.1) is 12.3 Å².